The van der Waals surface area contributed by atoms with Crippen molar-refractivity contribution in [2.75, 3.05) is 0 Å². The summed E-state index contributed by atoms with van der Waals surface area (Å²) in [6, 6.07) is 9.45. The van der Waals surface area contributed by atoms with Gasteiger partial charge >= 0.3 is 6.09 Å². The van der Waals surface area contributed by atoms with E-state index >= 15 is 0 Å². The summed E-state index contributed by atoms with van der Waals surface area (Å²) >= 11 is 0. The van der Waals surface area contributed by atoms with E-state index in [0.29, 0.717) is 11.7 Å². The summed E-state index contributed by atoms with van der Waals surface area (Å²) in [4.78, 5) is 11.8. The average molecular weight is 247 g/mol. The summed E-state index contributed by atoms with van der Waals surface area (Å²) in [7, 11) is 0. The predicted molar refractivity (Wildman–Crippen MR) is 71.6 cm³/mol. The second-order valence-electron chi connectivity index (χ2n) is 5.07. The lowest BCUT2D eigenvalue weighted by Crippen LogP contribution is -2.40. The SMILES string of the molecule is CC1CCCCCC1NC(=O)Oc1ccccc1. The molecule has 18 heavy (non-hydrogen) atoms. The van der Waals surface area contributed by atoms with Crippen molar-refractivity contribution in [2.45, 2.75) is 45.1 Å². The van der Waals surface area contributed by atoms with Gasteiger partial charge in [0.05, 0.1) is 0 Å². The Kier molecular flexibility index (Phi) is 4.62. The molecule has 1 aromatic carbocycles. The molecule has 98 valence electrons. The molecule has 3 nitrogen and oxygen atoms in total. The van der Waals surface area contributed by atoms with E-state index < -0.39 is 0 Å². The lowest BCUT2D eigenvalue weighted by atomic mass is 9.97. The second-order valence-corrected chi connectivity index (χ2v) is 5.07. The van der Waals surface area contributed by atoms with Gasteiger partial charge in [0.15, 0.2) is 0 Å². The topological polar surface area (TPSA) is 38.3 Å². The zero-order chi connectivity index (χ0) is 12.8. The van der Waals surface area contributed by atoms with Crippen molar-refractivity contribution >= 4 is 6.09 Å². The molecule has 0 aromatic heterocycles. The summed E-state index contributed by atoms with van der Waals surface area (Å²) in [6.07, 6.45) is 5.66. The molecule has 1 N–H and O–H groups in total. The van der Waals surface area contributed by atoms with Crippen LogP contribution in [0.1, 0.15) is 39.0 Å². The van der Waals surface area contributed by atoms with Crippen LogP contribution in [0.25, 0.3) is 0 Å². The summed E-state index contributed by atoms with van der Waals surface area (Å²) < 4.78 is 5.26. The third kappa shape index (κ3) is 3.76. The van der Waals surface area contributed by atoms with E-state index in [9.17, 15) is 4.79 Å². The second kappa shape index (κ2) is 6.43. The first-order chi connectivity index (χ1) is 8.75. The zero-order valence-corrected chi connectivity index (χ0v) is 10.9. The molecule has 3 heteroatoms. The van der Waals surface area contributed by atoms with Crippen LogP contribution in [0, 0.1) is 5.92 Å². The Bertz CT molecular complexity index is 377. The summed E-state index contributed by atoms with van der Waals surface area (Å²) in [5.74, 6) is 1.13. The summed E-state index contributed by atoms with van der Waals surface area (Å²) in [5, 5.41) is 3.00. The van der Waals surface area contributed by atoms with E-state index in [1.807, 2.05) is 18.2 Å². The molecule has 2 atom stereocenters. The van der Waals surface area contributed by atoms with Crippen molar-refractivity contribution in [1.82, 2.24) is 5.32 Å². The number of nitrogens with one attached hydrogen (secondary N) is 1. The van der Waals surface area contributed by atoms with Crippen LogP contribution in [-0.2, 0) is 0 Å². The lowest BCUT2D eigenvalue weighted by molar-refractivity contribution is 0.190. The van der Waals surface area contributed by atoms with Gasteiger partial charge in [0, 0.05) is 6.04 Å². The number of benzene rings is 1. The van der Waals surface area contributed by atoms with Crippen LogP contribution in [0.5, 0.6) is 5.75 Å². The molecular weight excluding hydrogens is 226 g/mol. The standard InChI is InChI=1S/C15H21NO2/c1-12-8-4-2-7-11-14(12)16-15(17)18-13-9-5-3-6-10-13/h3,5-6,9-10,12,14H,2,4,7-8,11H2,1H3,(H,16,17). The Morgan fingerprint density at radius 3 is 2.67 bits per heavy atom. The fourth-order valence-corrected chi connectivity index (χ4v) is 2.48. The van der Waals surface area contributed by atoms with Crippen molar-refractivity contribution in [1.29, 1.82) is 0 Å². The van der Waals surface area contributed by atoms with Crippen molar-refractivity contribution < 1.29 is 9.53 Å². The molecule has 0 spiro atoms. The van der Waals surface area contributed by atoms with Crippen LogP contribution in [0.3, 0.4) is 0 Å². The average Bonchev–Trinajstić information content (AvgIpc) is 2.56. The number of amides is 1. The third-order valence-electron chi connectivity index (χ3n) is 3.62. The molecule has 1 aliphatic carbocycles. The highest BCUT2D eigenvalue weighted by Crippen LogP contribution is 2.23. The Morgan fingerprint density at radius 1 is 1.17 bits per heavy atom. The Labute approximate surface area is 109 Å². The van der Waals surface area contributed by atoms with Crippen molar-refractivity contribution in [3.05, 3.63) is 30.3 Å². The van der Waals surface area contributed by atoms with Crippen LogP contribution in [0.4, 0.5) is 4.79 Å². The number of rotatable bonds is 2. The molecule has 0 saturated heterocycles. The molecule has 1 aliphatic rings. The molecule has 1 amide bonds. The predicted octanol–water partition coefficient (Wildman–Crippen LogP) is 3.74. The van der Waals surface area contributed by atoms with E-state index in [1.54, 1.807) is 12.1 Å². The van der Waals surface area contributed by atoms with Crippen LogP contribution in [0.15, 0.2) is 30.3 Å². The molecule has 1 fully saturated rings. The highest BCUT2D eigenvalue weighted by atomic mass is 16.6. The number of carbonyl (C=O) groups excluding carboxylic acids is 1. The van der Waals surface area contributed by atoms with Crippen molar-refractivity contribution in [3.8, 4) is 5.75 Å². The van der Waals surface area contributed by atoms with Gasteiger partial charge in [-0.3, -0.25) is 0 Å². The third-order valence-corrected chi connectivity index (χ3v) is 3.62. The molecule has 0 bridgehead atoms. The van der Waals surface area contributed by atoms with E-state index in [2.05, 4.69) is 12.2 Å². The number of hydrogen-bond donors (Lipinski definition) is 1. The number of hydrogen-bond acceptors (Lipinski definition) is 2. The van der Waals surface area contributed by atoms with Crippen molar-refractivity contribution in [3.63, 3.8) is 0 Å². The molecule has 1 aromatic rings. The monoisotopic (exact) mass is 247 g/mol. The number of carbonyl (C=O) groups is 1. The Balaban J connectivity index is 1.86. The minimum Gasteiger partial charge on any atom is -0.410 e. The minimum absolute atomic E-state index is 0.253. The molecule has 1 saturated carbocycles. The highest BCUT2D eigenvalue weighted by Gasteiger charge is 2.22. The van der Waals surface area contributed by atoms with Gasteiger partial charge in [0.1, 0.15) is 5.75 Å². The van der Waals surface area contributed by atoms with Gasteiger partial charge in [-0.05, 0) is 30.9 Å². The fraction of sp³-hybridized carbons (Fsp3) is 0.533. The van der Waals surface area contributed by atoms with E-state index in [-0.39, 0.29) is 12.1 Å². The van der Waals surface area contributed by atoms with Gasteiger partial charge in [0.2, 0.25) is 0 Å². The van der Waals surface area contributed by atoms with Gasteiger partial charge in [-0.1, -0.05) is 44.4 Å². The zero-order valence-electron chi connectivity index (χ0n) is 10.9. The van der Waals surface area contributed by atoms with Gasteiger partial charge < -0.3 is 10.1 Å². The first-order valence-electron chi connectivity index (χ1n) is 6.79. The highest BCUT2D eigenvalue weighted by molar-refractivity contribution is 5.70. The van der Waals surface area contributed by atoms with Crippen LogP contribution >= 0.6 is 0 Å². The van der Waals surface area contributed by atoms with Crippen molar-refractivity contribution in [2.24, 2.45) is 5.92 Å². The van der Waals surface area contributed by atoms with E-state index in [4.69, 9.17) is 4.74 Å². The molecular formula is C15H21NO2. The Hall–Kier alpha value is -1.51. The van der Waals surface area contributed by atoms with Gasteiger partial charge in [-0.25, -0.2) is 4.79 Å². The van der Waals surface area contributed by atoms with Crippen LogP contribution in [0.2, 0.25) is 0 Å². The quantitative estimate of drug-likeness (QED) is 0.808. The molecule has 2 rings (SSSR count). The van der Waals surface area contributed by atoms with Crippen LogP contribution in [-0.4, -0.2) is 12.1 Å². The first-order valence-corrected chi connectivity index (χ1v) is 6.79. The fourth-order valence-electron chi connectivity index (χ4n) is 2.48. The maximum Gasteiger partial charge on any atom is 0.412 e. The summed E-state index contributed by atoms with van der Waals surface area (Å²) in [6.45, 7) is 2.21. The van der Waals surface area contributed by atoms with Gasteiger partial charge in [-0.15, -0.1) is 0 Å². The largest absolute Gasteiger partial charge is 0.412 e. The maximum absolute atomic E-state index is 11.8. The smallest absolute Gasteiger partial charge is 0.410 e. The van der Waals surface area contributed by atoms with Gasteiger partial charge in [-0.2, -0.15) is 0 Å². The normalized spacial score (nSPS) is 24.1. The molecule has 0 radical (unpaired) electrons. The summed E-state index contributed by atoms with van der Waals surface area (Å²) in [5.41, 5.74) is 0. The Morgan fingerprint density at radius 2 is 1.89 bits per heavy atom. The number of para-hydroxylation sites is 1. The maximum atomic E-state index is 11.8. The van der Waals surface area contributed by atoms with E-state index in [1.165, 1.54) is 25.7 Å². The van der Waals surface area contributed by atoms with E-state index in [0.717, 1.165) is 6.42 Å². The van der Waals surface area contributed by atoms with Gasteiger partial charge in [0.25, 0.3) is 0 Å². The van der Waals surface area contributed by atoms with Crippen LogP contribution < -0.4 is 10.1 Å². The molecule has 0 aliphatic heterocycles. The molecule has 0 heterocycles. The lowest BCUT2D eigenvalue weighted by Gasteiger charge is -2.22. The first kappa shape index (κ1) is 12.9. The minimum atomic E-state index is -0.333. The molecule has 2 unspecified atom stereocenters. The number of ether oxygens (including phenoxy) is 1.